The van der Waals surface area contributed by atoms with E-state index >= 15 is 0 Å². The first-order valence-corrected chi connectivity index (χ1v) is 6.94. The van der Waals surface area contributed by atoms with Crippen LogP contribution in [0.15, 0.2) is 28.7 Å². The molecular weight excluding hydrogens is 324 g/mol. The third-order valence-corrected chi connectivity index (χ3v) is 3.62. The van der Waals surface area contributed by atoms with Crippen LogP contribution in [0.3, 0.4) is 0 Å². The van der Waals surface area contributed by atoms with Crippen molar-refractivity contribution < 1.29 is 14.7 Å². The molecule has 1 aromatic carbocycles. The third kappa shape index (κ3) is 3.01. The van der Waals surface area contributed by atoms with Gasteiger partial charge in [-0.2, -0.15) is 0 Å². The van der Waals surface area contributed by atoms with Crippen LogP contribution in [-0.4, -0.2) is 40.5 Å². The predicted molar refractivity (Wildman–Crippen MR) is 79.8 cm³/mol. The van der Waals surface area contributed by atoms with Gasteiger partial charge in [0, 0.05) is 29.0 Å². The molecule has 0 aliphatic heterocycles. The molecular formula is C14H15BrN2O3. The van der Waals surface area contributed by atoms with Gasteiger partial charge < -0.3 is 15.0 Å². The normalized spacial score (nSPS) is 12.3. The molecule has 5 nitrogen and oxygen atoms in total. The van der Waals surface area contributed by atoms with Crippen molar-refractivity contribution in [1.82, 2.24) is 9.88 Å². The number of aliphatic carboxylic acids is 1. The van der Waals surface area contributed by atoms with Crippen molar-refractivity contribution in [1.29, 1.82) is 0 Å². The lowest BCUT2D eigenvalue weighted by atomic mass is 10.1. The van der Waals surface area contributed by atoms with E-state index in [1.54, 1.807) is 20.0 Å². The van der Waals surface area contributed by atoms with Gasteiger partial charge in [-0.3, -0.25) is 9.59 Å². The summed E-state index contributed by atoms with van der Waals surface area (Å²) in [6.07, 6.45) is 0. The number of nitrogens with one attached hydrogen (secondary N) is 1. The molecule has 1 heterocycles. The van der Waals surface area contributed by atoms with Crippen LogP contribution in [0.2, 0.25) is 0 Å². The first-order chi connectivity index (χ1) is 9.38. The molecule has 2 N–H and O–H groups in total. The molecule has 0 bridgehead atoms. The Bertz CT molecular complexity index is 665. The molecule has 0 aliphatic rings. The Kier molecular flexibility index (Phi) is 4.13. The predicted octanol–water partition coefficient (Wildman–Crippen LogP) is 2.72. The number of fused-ring (bicyclic) bond motifs is 1. The summed E-state index contributed by atoms with van der Waals surface area (Å²) in [4.78, 5) is 27.5. The zero-order valence-electron chi connectivity index (χ0n) is 11.2. The lowest BCUT2D eigenvalue weighted by Crippen LogP contribution is -2.33. The Labute approximate surface area is 124 Å². The third-order valence-electron chi connectivity index (χ3n) is 3.13. The Morgan fingerprint density at radius 1 is 1.40 bits per heavy atom. The minimum atomic E-state index is -0.912. The Morgan fingerprint density at radius 3 is 2.75 bits per heavy atom. The van der Waals surface area contributed by atoms with E-state index in [1.807, 2.05) is 18.2 Å². The van der Waals surface area contributed by atoms with E-state index in [0.29, 0.717) is 5.69 Å². The fourth-order valence-corrected chi connectivity index (χ4v) is 2.35. The number of carbonyl (C=O) groups excluding carboxylic acids is 1. The number of carboxylic acids is 1. The van der Waals surface area contributed by atoms with Crippen molar-refractivity contribution >= 4 is 38.7 Å². The number of hydrogen-bond acceptors (Lipinski definition) is 2. The number of aromatic amines is 1. The maximum atomic E-state index is 12.2. The van der Waals surface area contributed by atoms with E-state index in [1.165, 1.54) is 4.90 Å². The van der Waals surface area contributed by atoms with Crippen LogP contribution in [0.4, 0.5) is 0 Å². The van der Waals surface area contributed by atoms with Gasteiger partial charge in [0.05, 0.1) is 5.92 Å². The summed E-state index contributed by atoms with van der Waals surface area (Å²) in [6, 6.07) is 7.48. The average Bonchev–Trinajstić information content (AvgIpc) is 2.80. The number of hydrogen-bond donors (Lipinski definition) is 2. The molecule has 0 aliphatic carbocycles. The summed E-state index contributed by atoms with van der Waals surface area (Å²) < 4.78 is 0.929. The quantitative estimate of drug-likeness (QED) is 0.900. The molecule has 1 atom stereocenters. The fourth-order valence-electron chi connectivity index (χ4n) is 1.99. The SMILES string of the molecule is CC(CN(C)C(=O)c1cc2ccc(Br)cc2[nH]1)C(=O)O. The van der Waals surface area contributed by atoms with Gasteiger partial charge in [0.2, 0.25) is 0 Å². The summed E-state index contributed by atoms with van der Waals surface area (Å²) in [6.45, 7) is 1.75. The maximum absolute atomic E-state index is 12.2. The standard InChI is InChI=1S/C14H15BrN2O3/c1-8(14(19)20)7-17(2)13(18)12-5-9-3-4-10(15)6-11(9)16-12/h3-6,8,16H,7H2,1-2H3,(H,19,20). The lowest BCUT2D eigenvalue weighted by Gasteiger charge is -2.18. The molecule has 1 aromatic heterocycles. The molecule has 6 heteroatoms. The highest BCUT2D eigenvalue weighted by Gasteiger charge is 2.19. The van der Waals surface area contributed by atoms with Crippen LogP contribution in [0, 0.1) is 5.92 Å². The van der Waals surface area contributed by atoms with Crippen molar-refractivity contribution in [3.63, 3.8) is 0 Å². The summed E-state index contributed by atoms with van der Waals surface area (Å²) >= 11 is 3.38. The van der Waals surface area contributed by atoms with Crippen LogP contribution in [0.1, 0.15) is 17.4 Å². The van der Waals surface area contributed by atoms with E-state index < -0.39 is 11.9 Å². The molecule has 0 radical (unpaired) electrons. The number of nitrogens with zero attached hydrogens (tertiary/aromatic N) is 1. The van der Waals surface area contributed by atoms with E-state index in [-0.39, 0.29) is 12.5 Å². The van der Waals surface area contributed by atoms with Crippen molar-refractivity contribution in [2.75, 3.05) is 13.6 Å². The van der Waals surface area contributed by atoms with Crippen molar-refractivity contribution in [2.24, 2.45) is 5.92 Å². The van der Waals surface area contributed by atoms with Gasteiger partial charge in [-0.15, -0.1) is 0 Å². The summed E-state index contributed by atoms with van der Waals surface area (Å²) in [5.74, 6) is -1.72. The minimum Gasteiger partial charge on any atom is -0.481 e. The van der Waals surface area contributed by atoms with Gasteiger partial charge in [-0.05, 0) is 18.2 Å². The van der Waals surface area contributed by atoms with Crippen LogP contribution >= 0.6 is 15.9 Å². The first kappa shape index (κ1) is 14.6. The number of rotatable bonds is 4. The zero-order chi connectivity index (χ0) is 14.9. The van der Waals surface area contributed by atoms with Gasteiger partial charge >= 0.3 is 5.97 Å². The topological polar surface area (TPSA) is 73.4 Å². The Morgan fingerprint density at radius 2 is 2.10 bits per heavy atom. The molecule has 0 fully saturated rings. The van der Waals surface area contributed by atoms with E-state index in [9.17, 15) is 9.59 Å². The van der Waals surface area contributed by atoms with Gasteiger partial charge in [0.25, 0.3) is 5.91 Å². The fraction of sp³-hybridized carbons (Fsp3) is 0.286. The molecule has 20 heavy (non-hydrogen) atoms. The number of halogens is 1. The molecule has 0 saturated carbocycles. The zero-order valence-corrected chi connectivity index (χ0v) is 12.8. The van der Waals surface area contributed by atoms with Crippen LogP contribution in [-0.2, 0) is 4.79 Å². The molecule has 2 aromatic rings. The molecule has 2 rings (SSSR count). The average molecular weight is 339 g/mol. The van der Waals surface area contributed by atoms with E-state index in [4.69, 9.17) is 5.11 Å². The molecule has 106 valence electrons. The smallest absolute Gasteiger partial charge is 0.308 e. The largest absolute Gasteiger partial charge is 0.481 e. The second kappa shape index (κ2) is 5.66. The summed E-state index contributed by atoms with van der Waals surface area (Å²) in [5.41, 5.74) is 1.32. The maximum Gasteiger partial charge on any atom is 0.308 e. The highest BCUT2D eigenvalue weighted by atomic mass is 79.9. The van der Waals surface area contributed by atoms with Crippen molar-refractivity contribution in [3.8, 4) is 0 Å². The monoisotopic (exact) mass is 338 g/mol. The minimum absolute atomic E-state index is 0.174. The molecule has 0 saturated heterocycles. The number of benzene rings is 1. The van der Waals surface area contributed by atoms with Crippen LogP contribution in [0.25, 0.3) is 10.9 Å². The highest BCUT2D eigenvalue weighted by molar-refractivity contribution is 9.10. The van der Waals surface area contributed by atoms with Gasteiger partial charge in [0.15, 0.2) is 0 Å². The van der Waals surface area contributed by atoms with Gasteiger partial charge in [-0.25, -0.2) is 0 Å². The van der Waals surface area contributed by atoms with Crippen molar-refractivity contribution in [3.05, 3.63) is 34.4 Å². The second-order valence-corrected chi connectivity index (χ2v) is 5.76. The number of H-pyrrole nitrogens is 1. The summed E-state index contributed by atoms with van der Waals surface area (Å²) in [5, 5.41) is 9.82. The molecule has 1 amide bonds. The number of carboxylic acid groups (broad SMARTS) is 1. The van der Waals surface area contributed by atoms with Gasteiger partial charge in [-0.1, -0.05) is 28.9 Å². The molecule has 1 unspecified atom stereocenters. The molecule has 0 spiro atoms. The first-order valence-electron chi connectivity index (χ1n) is 6.15. The van der Waals surface area contributed by atoms with Crippen LogP contribution < -0.4 is 0 Å². The second-order valence-electron chi connectivity index (χ2n) is 4.84. The van der Waals surface area contributed by atoms with Gasteiger partial charge in [0.1, 0.15) is 5.69 Å². The van der Waals surface area contributed by atoms with E-state index in [0.717, 1.165) is 15.4 Å². The highest BCUT2D eigenvalue weighted by Crippen LogP contribution is 2.21. The Hall–Kier alpha value is -1.82. The van der Waals surface area contributed by atoms with Crippen molar-refractivity contribution in [2.45, 2.75) is 6.92 Å². The van der Waals surface area contributed by atoms with Crippen LogP contribution in [0.5, 0.6) is 0 Å². The summed E-state index contributed by atoms with van der Waals surface area (Å²) in [7, 11) is 1.60. The van der Waals surface area contributed by atoms with E-state index in [2.05, 4.69) is 20.9 Å². The number of carbonyl (C=O) groups is 2. The Balaban J connectivity index is 2.20. The number of aromatic nitrogens is 1. The lowest BCUT2D eigenvalue weighted by molar-refractivity contribution is -0.141. The number of amides is 1.